The first-order valence-corrected chi connectivity index (χ1v) is 17.6. The second kappa shape index (κ2) is 12.4. The summed E-state index contributed by atoms with van der Waals surface area (Å²) < 4.78 is 2.26. The zero-order valence-corrected chi connectivity index (χ0v) is 28.3. The molecule has 0 spiro atoms. The van der Waals surface area contributed by atoms with Crippen molar-refractivity contribution in [2.45, 2.75) is 0 Å². The van der Waals surface area contributed by atoms with E-state index >= 15 is 0 Å². The van der Waals surface area contributed by atoms with Crippen LogP contribution in [0.4, 0.5) is 17.1 Å². The zero-order chi connectivity index (χ0) is 34.4. The predicted octanol–water partition coefficient (Wildman–Crippen LogP) is 12.7. The molecule has 2 aromatic heterocycles. The molecule has 0 aliphatic heterocycles. The van der Waals surface area contributed by atoms with Crippen molar-refractivity contribution in [1.82, 2.24) is 14.5 Å². The molecule has 0 saturated carbocycles. The first-order chi connectivity index (χ1) is 25.8. The minimum Gasteiger partial charge on any atom is -0.310 e. The van der Waals surface area contributed by atoms with Gasteiger partial charge in [0.05, 0.1) is 27.9 Å². The molecule has 0 bridgehead atoms. The lowest BCUT2D eigenvalue weighted by Crippen LogP contribution is -2.11. The van der Waals surface area contributed by atoms with Crippen LogP contribution in [0, 0.1) is 0 Å². The topological polar surface area (TPSA) is 34.0 Å². The van der Waals surface area contributed by atoms with Crippen molar-refractivity contribution in [3.63, 3.8) is 0 Å². The number of imidazole rings is 1. The highest BCUT2D eigenvalue weighted by Gasteiger charge is 2.25. The Balaban J connectivity index is 1.39. The summed E-state index contributed by atoms with van der Waals surface area (Å²) in [5.74, 6) is 0.861. The van der Waals surface area contributed by atoms with Gasteiger partial charge in [-0.2, -0.15) is 0 Å². The normalized spacial score (nSPS) is 11.5. The second-order valence-electron chi connectivity index (χ2n) is 13.0. The summed E-state index contributed by atoms with van der Waals surface area (Å²) in [6.45, 7) is 0. The Hall–Kier alpha value is -7.04. The van der Waals surface area contributed by atoms with E-state index in [0.717, 1.165) is 83.5 Å². The maximum atomic E-state index is 5.71. The molecule has 10 rings (SSSR count). The highest BCUT2D eigenvalue weighted by molar-refractivity contribution is 6.28. The third-order valence-electron chi connectivity index (χ3n) is 9.93. The molecule has 0 amide bonds. The van der Waals surface area contributed by atoms with E-state index in [1.165, 1.54) is 5.39 Å². The smallest absolute Gasteiger partial charge is 0.147 e. The van der Waals surface area contributed by atoms with Gasteiger partial charge in [-0.05, 0) is 71.4 Å². The van der Waals surface area contributed by atoms with Crippen molar-refractivity contribution in [1.29, 1.82) is 0 Å². The average Bonchev–Trinajstić information content (AvgIpc) is 3.61. The molecule has 52 heavy (non-hydrogen) atoms. The van der Waals surface area contributed by atoms with E-state index < -0.39 is 0 Å². The number of fused-ring (bicyclic) bond motifs is 6. The second-order valence-corrected chi connectivity index (χ2v) is 13.0. The fourth-order valence-electron chi connectivity index (χ4n) is 7.67. The lowest BCUT2D eigenvalue weighted by molar-refractivity contribution is 1.10. The minimum atomic E-state index is 0.861. The number of pyridine rings is 1. The lowest BCUT2D eigenvalue weighted by Gasteiger charge is -2.28. The number of nitrogens with zero attached hydrogens (tertiary/aromatic N) is 4. The van der Waals surface area contributed by atoms with Crippen LogP contribution < -0.4 is 4.90 Å². The van der Waals surface area contributed by atoms with Crippen LogP contribution in [0.3, 0.4) is 0 Å². The van der Waals surface area contributed by atoms with Crippen molar-refractivity contribution in [2.75, 3.05) is 4.90 Å². The maximum absolute atomic E-state index is 5.71. The lowest BCUT2D eigenvalue weighted by atomic mass is 9.92. The maximum Gasteiger partial charge on any atom is 0.147 e. The number of rotatable bonds is 6. The highest BCUT2D eigenvalue weighted by atomic mass is 15.1. The van der Waals surface area contributed by atoms with Gasteiger partial charge in [0.25, 0.3) is 0 Å². The largest absolute Gasteiger partial charge is 0.310 e. The Morgan fingerprint density at radius 2 is 1.06 bits per heavy atom. The van der Waals surface area contributed by atoms with Crippen LogP contribution in [0.5, 0.6) is 0 Å². The van der Waals surface area contributed by atoms with Gasteiger partial charge in [-0.1, -0.05) is 133 Å². The molecule has 0 fully saturated rings. The number of para-hydroxylation sites is 6. The van der Waals surface area contributed by atoms with Gasteiger partial charge in [0, 0.05) is 44.3 Å². The zero-order valence-electron chi connectivity index (χ0n) is 28.3. The molecule has 0 atom stereocenters. The molecule has 0 aliphatic carbocycles. The van der Waals surface area contributed by atoms with Gasteiger partial charge >= 0.3 is 0 Å². The number of hydrogen-bond acceptors (Lipinski definition) is 3. The van der Waals surface area contributed by atoms with Gasteiger partial charge in [-0.25, -0.2) is 9.97 Å². The molecule has 0 aliphatic rings. The van der Waals surface area contributed by atoms with Crippen LogP contribution in [0.1, 0.15) is 0 Å². The number of hydrogen-bond donors (Lipinski definition) is 0. The monoisotopic (exact) mass is 664 g/mol. The molecule has 2 heterocycles. The van der Waals surface area contributed by atoms with Gasteiger partial charge in [-0.3, -0.25) is 4.57 Å². The summed E-state index contributed by atoms with van der Waals surface area (Å²) in [4.78, 5) is 13.4. The molecule has 4 nitrogen and oxygen atoms in total. The summed E-state index contributed by atoms with van der Waals surface area (Å²) in [6, 6.07) is 68.3. The molecule has 4 heteroatoms. The van der Waals surface area contributed by atoms with Gasteiger partial charge in [0.1, 0.15) is 5.82 Å². The summed E-state index contributed by atoms with van der Waals surface area (Å²) in [5, 5.41) is 5.69. The number of anilines is 3. The molecule has 10 aromatic rings. The van der Waals surface area contributed by atoms with Crippen molar-refractivity contribution >= 4 is 60.5 Å². The van der Waals surface area contributed by atoms with Crippen LogP contribution in [0.25, 0.3) is 71.8 Å². The minimum absolute atomic E-state index is 0.861. The van der Waals surface area contributed by atoms with E-state index in [4.69, 9.17) is 9.97 Å². The van der Waals surface area contributed by atoms with Crippen LogP contribution >= 0.6 is 0 Å². The molecule has 8 aromatic carbocycles. The molecule has 0 N–H and O–H groups in total. The summed E-state index contributed by atoms with van der Waals surface area (Å²) >= 11 is 0. The average molecular weight is 665 g/mol. The van der Waals surface area contributed by atoms with Gasteiger partial charge in [-0.15, -0.1) is 0 Å². The standard InChI is InChI=1S/C48H32N4/c1-5-18-33(19-6-1)46-45-43(51(35-21-7-2-8-22-35)36-23-9-3-10-24-36)32-34-20-13-14-27-38(34)44(45)39-28-17-29-40(47(39)50-46)48-49-41-30-15-16-31-42(41)52(48)37-25-11-4-12-26-37/h1-32H. The first-order valence-electron chi connectivity index (χ1n) is 17.6. The quantitative estimate of drug-likeness (QED) is 0.166. The third-order valence-corrected chi connectivity index (χ3v) is 9.93. The molecular formula is C48H32N4. The van der Waals surface area contributed by atoms with Crippen LogP contribution in [-0.4, -0.2) is 14.5 Å². The summed E-state index contributed by atoms with van der Waals surface area (Å²) in [6.07, 6.45) is 0. The Bertz CT molecular complexity index is 2840. The third kappa shape index (κ3) is 4.84. The Kier molecular flexibility index (Phi) is 7.10. The molecule has 0 radical (unpaired) electrons. The van der Waals surface area contributed by atoms with Gasteiger partial charge in [0.15, 0.2) is 0 Å². The fraction of sp³-hybridized carbons (Fsp3) is 0. The van der Waals surface area contributed by atoms with E-state index in [1.54, 1.807) is 0 Å². The molecule has 0 unspecified atom stereocenters. The fourth-order valence-corrected chi connectivity index (χ4v) is 7.67. The van der Waals surface area contributed by atoms with E-state index in [2.05, 4.69) is 204 Å². The van der Waals surface area contributed by atoms with Gasteiger partial charge < -0.3 is 4.90 Å². The van der Waals surface area contributed by atoms with Crippen LogP contribution in [0.15, 0.2) is 194 Å². The summed E-state index contributed by atoms with van der Waals surface area (Å²) in [7, 11) is 0. The number of aromatic nitrogens is 3. The van der Waals surface area contributed by atoms with E-state index in [9.17, 15) is 0 Å². The van der Waals surface area contributed by atoms with Crippen molar-refractivity contribution < 1.29 is 0 Å². The molecule has 0 saturated heterocycles. The first kappa shape index (κ1) is 29.8. The van der Waals surface area contributed by atoms with Crippen molar-refractivity contribution in [3.05, 3.63) is 194 Å². The van der Waals surface area contributed by atoms with E-state index in [1.807, 2.05) is 0 Å². The van der Waals surface area contributed by atoms with E-state index in [-0.39, 0.29) is 0 Å². The van der Waals surface area contributed by atoms with E-state index in [0.29, 0.717) is 0 Å². The SMILES string of the molecule is c1ccc(-c2nc3c(-c4nc5ccccc5n4-c4ccccc4)cccc3c3c2c(N(c2ccccc2)c2ccccc2)cc2ccccc23)cc1. The highest BCUT2D eigenvalue weighted by Crippen LogP contribution is 2.48. The van der Waals surface area contributed by atoms with Crippen LogP contribution in [0.2, 0.25) is 0 Å². The van der Waals surface area contributed by atoms with Gasteiger partial charge in [0.2, 0.25) is 0 Å². The Labute approximate surface area is 301 Å². The summed E-state index contributed by atoms with van der Waals surface area (Å²) in [5.41, 5.74) is 10.2. The Morgan fingerprint density at radius 1 is 0.462 bits per heavy atom. The molecular weight excluding hydrogens is 633 g/mol. The predicted molar refractivity (Wildman–Crippen MR) is 217 cm³/mol. The van der Waals surface area contributed by atoms with Crippen molar-refractivity contribution in [2.24, 2.45) is 0 Å². The van der Waals surface area contributed by atoms with Crippen LogP contribution in [-0.2, 0) is 0 Å². The number of benzene rings is 8. The molecule has 244 valence electrons. The van der Waals surface area contributed by atoms with Crippen molar-refractivity contribution in [3.8, 4) is 28.3 Å². The Morgan fingerprint density at radius 3 is 1.79 bits per heavy atom.